The number of amides is 1. The summed E-state index contributed by atoms with van der Waals surface area (Å²) in [7, 11) is 1.43. The fourth-order valence-corrected chi connectivity index (χ4v) is 1.54. The highest BCUT2D eigenvalue weighted by Crippen LogP contribution is 2.32. The van der Waals surface area contributed by atoms with Crippen LogP contribution in [0.3, 0.4) is 0 Å². The largest absolute Gasteiger partial charge is 0.494 e. The Hall–Kier alpha value is -1.62. The first-order valence-corrected chi connectivity index (χ1v) is 4.54. The van der Waals surface area contributed by atoms with E-state index in [1.54, 1.807) is 0 Å². The van der Waals surface area contributed by atoms with Gasteiger partial charge in [-0.15, -0.1) is 0 Å². The number of nitrogens with zero attached hydrogens (tertiary/aromatic N) is 1. The number of carbonyl (C=O) groups excluding carboxylic acids is 1. The van der Waals surface area contributed by atoms with E-state index in [1.165, 1.54) is 30.2 Å². The average Bonchev–Trinajstić information content (AvgIpc) is 2.25. The highest BCUT2D eigenvalue weighted by Gasteiger charge is 2.36. The molecule has 2 rings (SSSR count). The molecule has 0 saturated carbocycles. The van der Waals surface area contributed by atoms with Gasteiger partial charge in [-0.05, 0) is 12.1 Å². The molecule has 5 heteroatoms. The van der Waals surface area contributed by atoms with Gasteiger partial charge in [-0.1, -0.05) is 0 Å². The van der Waals surface area contributed by atoms with Gasteiger partial charge in [0.15, 0.2) is 0 Å². The number of benzene rings is 1. The zero-order chi connectivity index (χ0) is 11.0. The zero-order valence-electron chi connectivity index (χ0n) is 8.24. The summed E-state index contributed by atoms with van der Waals surface area (Å²) >= 11 is 0. The maximum atomic E-state index is 12.9. The molecule has 0 radical (unpaired) electrons. The van der Waals surface area contributed by atoms with Gasteiger partial charge in [0.05, 0.1) is 19.3 Å². The number of ether oxygens (including phenoxy) is 1. The van der Waals surface area contributed by atoms with Gasteiger partial charge in [-0.25, -0.2) is 4.39 Å². The Morgan fingerprint density at radius 2 is 2.33 bits per heavy atom. The third kappa shape index (κ3) is 1.55. The fraction of sp³-hybridized carbons (Fsp3) is 0.300. The second kappa shape index (κ2) is 3.51. The van der Waals surface area contributed by atoms with Gasteiger partial charge in [-0.2, -0.15) is 0 Å². The van der Waals surface area contributed by atoms with Crippen LogP contribution in [0.5, 0.6) is 5.75 Å². The zero-order valence-corrected chi connectivity index (χ0v) is 8.24. The minimum Gasteiger partial charge on any atom is -0.494 e. The Morgan fingerprint density at radius 3 is 2.87 bits per heavy atom. The number of rotatable bonds is 2. The molecule has 1 aromatic rings. The first kappa shape index (κ1) is 9.92. The third-order valence-corrected chi connectivity index (χ3v) is 2.40. The van der Waals surface area contributed by atoms with Crippen LogP contribution >= 0.6 is 0 Å². The van der Waals surface area contributed by atoms with Crippen molar-refractivity contribution >= 4 is 11.6 Å². The van der Waals surface area contributed by atoms with Crippen LogP contribution in [-0.2, 0) is 4.79 Å². The minimum atomic E-state index is -0.445. The van der Waals surface area contributed by atoms with Crippen molar-refractivity contribution in [3.05, 3.63) is 24.0 Å². The summed E-state index contributed by atoms with van der Waals surface area (Å²) in [4.78, 5) is 12.8. The van der Waals surface area contributed by atoms with Crippen molar-refractivity contribution < 1.29 is 13.9 Å². The van der Waals surface area contributed by atoms with E-state index in [0.29, 0.717) is 18.0 Å². The van der Waals surface area contributed by atoms with Gasteiger partial charge in [0, 0.05) is 6.07 Å². The first-order chi connectivity index (χ1) is 7.13. The molecular formula is C10H11FN2O2. The molecule has 1 aliphatic heterocycles. The van der Waals surface area contributed by atoms with Gasteiger partial charge in [-0.3, -0.25) is 4.79 Å². The Morgan fingerprint density at radius 1 is 1.60 bits per heavy atom. The molecule has 80 valence electrons. The Balaban J connectivity index is 2.32. The highest BCUT2D eigenvalue weighted by molar-refractivity contribution is 6.04. The highest BCUT2D eigenvalue weighted by atomic mass is 19.1. The summed E-state index contributed by atoms with van der Waals surface area (Å²) in [6, 6.07) is 3.60. The molecule has 0 aromatic heterocycles. The summed E-state index contributed by atoms with van der Waals surface area (Å²) in [5, 5.41) is 0. The first-order valence-electron chi connectivity index (χ1n) is 4.54. The third-order valence-electron chi connectivity index (χ3n) is 2.40. The van der Waals surface area contributed by atoms with Crippen molar-refractivity contribution in [1.82, 2.24) is 0 Å². The number of β-lactam (4-membered cyclic amide) rings is 1. The van der Waals surface area contributed by atoms with Gasteiger partial charge < -0.3 is 15.4 Å². The topological polar surface area (TPSA) is 55.6 Å². The van der Waals surface area contributed by atoms with Crippen LogP contribution in [0.1, 0.15) is 0 Å². The normalized spacial score (nSPS) is 20.1. The van der Waals surface area contributed by atoms with E-state index in [2.05, 4.69) is 0 Å². The molecule has 15 heavy (non-hydrogen) atoms. The van der Waals surface area contributed by atoms with Crippen molar-refractivity contribution in [2.75, 3.05) is 18.6 Å². The van der Waals surface area contributed by atoms with Crippen molar-refractivity contribution in [3.63, 3.8) is 0 Å². The Bertz CT molecular complexity index is 408. The maximum absolute atomic E-state index is 12.9. The molecule has 2 N–H and O–H groups in total. The van der Waals surface area contributed by atoms with Crippen LogP contribution in [0.15, 0.2) is 18.2 Å². The van der Waals surface area contributed by atoms with Crippen LogP contribution in [0, 0.1) is 5.82 Å². The molecule has 1 heterocycles. The molecule has 1 fully saturated rings. The lowest BCUT2D eigenvalue weighted by Gasteiger charge is -2.36. The maximum Gasteiger partial charge on any atom is 0.245 e. The van der Waals surface area contributed by atoms with Crippen molar-refractivity contribution in [2.45, 2.75) is 6.04 Å². The van der Waals surface area contributed by atoms with E-state index in [4.69, 9.17) is 10.5 Å². The molecule has 1 atom stereocenters. The SMILES string of the molecule is COc1cc(F)ccc1N1CC(N)C1=O. The Kier molecular flexibility index (Phi) is 2.32. The molecule has 0 spiro atoms. The van der Waals surface area contributed by atoms with E-state index in [-0.39, 0.29) is 5.91 Å². The van der Waals surface area contributed by atoms with E-state index in [1.807, 2.05) is 0 Å². The molecule has 4 nitrogen and oxygen atoms in total. The van der Waals surface area contributed by atoms with E-state index in [0.717, 1.165) is 0 Å². The number of halogens is 1. The molecular weight excluding hydrogens is 199 g/mol. The van der Waals surface area contributed by atoms with E-state index < -0.39 is 11.9 Å². The smallest absolute Gasteiger partial charge is 0.245 e. The summed E-state index contributed by atoms with van der Waals surface area (Å²) in [6.45, 7) is 0.445. The van der Waals surface area contributed by atoms with Crippen molar-refractivity contribution in [3.8, 4) is 5.75 Å². The van der Waals surface area contributed by atoms with Gasteiger partial charge in [0.1, 0.15) is 17.6 Å². The molecule has 0 bridgehead atoms. The van der Waals surface area contributed by atoms with Crippen molar-refractivity contribution in [2.24, 2.45) is 5.73 Å². The van der Waals surface area contributed by atoms with E-state index in [9.17, 15) is 9.18 Å². The van der Waals surface area contributed by atoms with Crippen LogP contribution in [-0.4, -0.2) is 25.6 Å². The van der Waals surface area contributed by atoms with Crippen LogP contribution in [0.4, 0.5) is 10.1 Å². The second-order valence-electron chi connectivity index (χ2n) is 3.37. The van der Waals surface area contributed by atoms with E-state index >= 15 is 0 Å². The quantitative estimate of drug-likeness (QED) is 0.723. The lowest BCUT2D eigenvalue weighted by Crippen LogP contribution is -2.61. The number of nitrogens with two attached hydrogens (primary N) is 1. The summed E-state index contributed by atoms with van der Waals surface area (Å²) < 4.78 is 17.9. The fourth-order valence-electron chi connectivity index (χ4n) is 1.54. The standard InChI is InChI=1S/C10H11FN2O2/c1-15-9-4-6(11)2-3-8(9)13-5-7(12)10(13)14/h2-4,7H,5,12H2,1H3. The predicted molar refractivity (Wildman–Crippen MR) is 53.3 cm³/mol. The molecule has 1 aliphatic rings. The number of carbonyl (C=O) groups is 1. The molecule has 1 unspecified atom stereocenters. The monoisotopic (exact) mass is 210 g/mol. The lowest BCUT2D eigenvalue weighted by molar-refractivity contribution is -0.123. The summed E-state index contributed by atoms with van der Waals surface area (Å²) in [5.41, 5.74) is 6.03. The van der Waals surface area contributed by atoms with Gasteiger partial charge >= 0.3 is 0 Å². The van der Waals surface area contributed by atoms with Crippen LogP contribution < -0.4 is 15.4 Å². The lowest BCUT2D eigenvalue weighted by atomic mass is 10.1. The number of anilines is 1. The number of hydrogen-bond donors (Lipinski definition) is 1. The average molecular weight is 210 g/mol. The predicted octanol–water partition coefficient (Wildman–Crippen LogP) is 0.508. The molecule has 0 aliphatic carbocycles. The van der Waals surface area contributed by atoms with Crippen LogP contribution in [0.25, 0.3) is 0 Å². The minimum absolute atomic E-state index is 0.167. The second-order valence-corrected chi connectivity index (χ2v) is 3.37. The Labute approximate surface area is 86.4 Å². The van der Waals surface area contributed by atoms with Crippen LogP contribution in [0.2, 0.25) is 0 Å². The molecule has 1 amide bonds. The van der Waals surface area contributed by atoms with Gasteiger partial charge in [0.25, 0.3) is 0 Å². The molecule has 1 aromatic carbocycles. The number of methoxy groups -OCH3 is 1. The molecule has 1 saturated heterocycles. The summed E-state index contributed by atoms with van der Waals surface area (Å²) in [6.07, 6.45) is 0. The van der Waals surface area contributed by atoms with Gasteiger partial charge in [0.2, 0.25) is 5.91 Å². The van der Waals surface area contributed by atoms with Crippen molar-refractivity contribution in [1.29, 1.82) is 0 Å². The number of hydrogen-bond acceptors (Lipinski definition) is 3. The summed E-state index contributed by atoms with van der Waals surface area (Å²) in [5.74, 6) is -0.219.